The predicted octanol–water partition coefficient (Wildman–Crippen LogP) is 3.78. The van der Waals surface area contributed by atoms with E-state index in [0.717, 1.165) is 22.4 Å². The van der Waals surface area contributed by atoms with Gasteiger partial charge in [0.25, 0.3) is 5.91 Å². The average Bonchev–Trinajstić information content (AvgIpc) is 2.67. The fraction of sp³-hybridized carbons (Fsp3) is 0.261. The molecule has 29 heavy (non-hydrogen) atoms. The summed E-state index contributed by atoms with van der Waals surface area (Å²) in [5.74, 6) is -1.41. The Hall–Kier alpha value is -3.41. The Morgan fingerprint density at radius 1 is 1.03 bits per heavy atom. The molecule has 2 rings (SSSR count). The molecule has 6 nitrogen and oxygen atoms in total. The van der Waals surface area contributed by atoms with Crippen molar-refractivity contribution in [3.63, 3.8) is 0 Å². The van der Waals surface area contributed by atoms with Crippen molar-refractivity contribution in [2.24, 2.45) is 0 Å². The second kappa shape index (κ2) is 10.2. The Bertz CT molecular complexity index is 918. The summed E-state index contributed by atoms with van der Waals surface area (Å²) in [5, 5.41) is 5.27. The van der Waals surface area contributed by atoms with Crippen molar-refractivity contribution >= 4 is 29.5 Å². The number of hydrogen-bond donors (Lipinski definition) is 2. The minimum atomic E-state index is -0.784. The molecule has 0 aliphatic rings. The van der Waals surface area contributed by atoms with E-state index in [-0.39, 0.29) is 11.6 Å². The lowest BCUT2D eigenvalue weighted by atomic mass is 9.98. The summed E-state index contributed by atoms with van der Waals surface area (Å²) >= 11 is 0. The van der Waals surface area contributed by atoms with E-state index < -0.39 is 24.4 Å². The number of esters is 1. The zero-order chi connectivity index (χ0) is 21.4. The highest BCUT2D eigenvalue weighted by molar-refractivity contribution is 6.00. The van der Waals surface area contributed by atoms with Crippen molar-refractivity contribution < 1.29 is 19.1 Å². The molecule has 6 heteroatoms. The SMILES string of the molecule is CC(=O)N/C(=C\c1ccccc1)C(=O)OCC(=O)Nc1c(C)cccc1C(C)C. The van der Waals surface area contributed by atoms with Gasteiger partial charge in [-0.05, 0) is 35.6 Å². The molecular formula is C23H26N2O4. The molecule has 0 saturated heterocycles. The molecule has 0 aliphatic heterocycles. The Kier molecular flexibility index (Phi) is 7.71. The van der Waals surface area contributed by atoms with Gasteiger partial charge in [0, 0.05) is 12.6 Å². The largest absolute Gasteiger partial charge is 0.451 e. The first-order valence-electron chi connectivity index (χ1n) is 9.38. The van der Waals surface area contributed by atoms with Crippen molar-refractivity contribution in [3.8, 4) is 0 Å². The number of hydrogen-bond acceptors (Lipinski definition) is 4. The van der Waals surface area contributed by atoms with Gasteiger partial charge in [-0.15, -0.1) is 0 Å². The second-order valence-corrected chi connectivity index (χ2v) is 6.97. The molecule has 0 aliphatic carbocycles. The number of carbonyl (C=O) groups is 3. The summed E-state index contributed by atoms with van der Waals surface area (Å²) in [7, 11) is 0. The number of nitrogens with one attached hydrogen (secondary N) is 2. The Balaban J connectivity index is 2.07. The van der Waals surface area contributed by atoms with Gasteiger partial charge in [0.2, 0.25) is 5.91 Å². The van der Waals surface area contributed by atoms with Crippen molar-refractivity contribution in [3.05, 3.63) is 70.9 Å². The van der Waals surface area contributed by atoms with Gasteiger partial charge in [0.1, 0.15) is 5.70 Å². The lowest BCUT2D eigenvalue weighted by Crippen LogP contribution is -2.29. The van der Waals surface area contributed by atoms with Crippen LogP contribution in [0.2, 0.25) is 0 Å². The Morgan fingerprint density at radius 2 is 1.72 bits per heavy atom. The number of ether oxygens (including phenoxy) is 1. The monoisotopic (exact) mass is 394 g/mol. The number of para-hydroxylation sites is 1. The fourth-order valence-corrected chi connectivity index (χ4v) is 2.78. The van der Waals surface area contributed by atoms with Crippen LogP contribution in [0.25, 0.3) is 6.08 Å². The molecule has 0 heterocycles. The maximum Gasteiger partial charge on any atom is 0.355 e. The molecule has 0 aromatic heterocycles. The highest BCUT2D eigenvalue weighted by atomic mass is 16.5. The topological polar surface area (TPSA) is 84.5 Å². The smallest absolute Gasteiger partial charge is 0.355 e. The number of amides is 2. The molecule has 152 valence electrons. The van der Waals surface area contributed by atoms with Gasteiger partial charge < -0.3 is 15.4 Å². The molecule has 0 saturated carbocycles. The zero-order valence-electron chi connectivity index (χ0n) is 17.1. The minimum Gasteiger partial charge on any atom is -0.451 e. The van der Waals surface area contributed by atoms with Crippen molar-refractivity contribution in [2.75, 3.05) is 11.9 Å². The minimum absolute atomic E-state index is 0.0322. The standard InChI is InChI=1S/C23H26N2O4/c1-15(2)19-12-8-9-16(3)22(19)25-21(27)14-29-23(28)20(24-17(4)26)13-18-10-6-5-7-11-18/h5-13,15H,14H2,1-4H3,(H,24,26)(H,25,27)/b20-13-. The first-order chi connectivity index (χ1) is 13.8. The van der Waals surface area contributed by atoms with Crippen molar-refractivity contribution in [2.45, 2.75) is 33.6 Å². The molecule has 2 aromatic rings. The number of benzene rings is 2. The summed E-state index contributed by atoms with van der Waals surface area (Å²) in [6, 6.07) is 14.8. The van der Waals surface area contributed by atoms with Crippen LogP contribution >= 0.6 is 0 Å². The molecule has 0 radical (unpaired) electrons. The van der Waals surface area contributed by atoms with Crippen LogP contribution in [-0.2, 0) is 19.1 Å². The van der Waals surface area contributed by atoms with Gasteiger partial charge in [0.05, 0.1) is 0 Å². The van der Waals surface area contributed by atoms with E-state index in [4.69, 9.17) is 4.74 Å². The molecule has 0 unspecified atom stereocenters. The maximum atomic E-state index is 12.4. The van der Waals surface area contributed by atoms with Crippen LogP contribution in [0.4, 0.5) is 5.69 Å². The molecule has 2 amide bonds. The summed E-state index contributed by atoms with van der Waals surface area (Å²) in [6.07, 6.45) is 1.50. The second-order valence-electron chi connectivity index (χ2n) is 6.97. The first-order valence-corrected chi connectivity index (χ1v) is 9.38. The van der Waals surface area contributed by atoms with Gasteiger partial charge in [-0.3, -0.25) is 9.59 Å². The Labute approximate surface area is 171 Å². The number of rotatable bonds is 7. The Morgan fingerprint density at radius 3 is 2.34 bits per heavy atom. The van der Waals surface area contributed by atoms with Crippen LogP contribution in [-0.4, -0.2) is 24.4 Å². The molecule has 0 spiro atoms. The fourth-order valence-electron chi connectivity index (χ4n) is 2.78. The van der Waals surface area contributed by atoms with E-state index in [9.17, 15) is 14.4 Å². The zero-order valence-corrected chi connectivity index (χ0v) is 17.1. The van der Waals surface area contributed by atoms with E-state index in [1.54, 1.807) is 12.1 Å². The van der Waals surface area contributed by atoms with Gasteiger partial charge in [-0.25, -0.2) is 4.79 Å². The third-order valence-electron chi connectivity index (χ3n) is 4.17. The lowest BCUT2D eigenvalue weighted by molar-refractivity contribution is -0.144. The third kappa shape index (κ3) is 6.60. The maximum absolute atomic E-state index is 12.4. The quantitative estimate of drug-likeness (QED) is 0.553. The van der Waals surface area contributed by atoms with Crippen molar-refractivity contribution in [1.29, 1.82) is 0 Å². The third-order valence-corrected chi connectivity index (χ3v) is 4.17. The van der Waals surface area contributed by atoms with Crippen LogP contribution in [0.1, 0.15) is 43.4 Å². The number of aryl methyl sites for hydroxylation is 1. The molecule has 0 bridgehead atoms. The highest BCUT2D eigenvalue weighted by Gasteiger charge is 2.17. The summed E-state index contributed by atoms with van der Waals surface area (Å²) in [4.78, 5) is 36.2. The van der Waals surface area contributed by atoms with Gasteiger partial charge >= 0.3 is 5.97 Å². The molecule has 0 atom stereocenters. The van der Waals surface area contributed by atoms with Crippen LogP contribution < -0.4 is 10.6 Å². The van der Waals surface area contributed by atoms with Gasteiger partial charge in [0.15, 0.2) is 6.61 Å². The number of carbonyl (C=O) groups excluding carboxylic acids is 3. The van der Waals surface area contributed by atoms with E-state index in [1.807, 2.05) is 57.2 Å². The highest BCUT2D eigenvalue weighted by Crippen LogP contribution is 2.27. The van der Waals surface area contributed by atoms with E-state index in [1.165, 1.54) is 13.0 Å². The van der Waals surface area contributed by atoms with Crippen LogP contribution in [0, 0.1) is 6.92 Å². The van der Waals surface area contributed by atoms with E-state index in [0.29, 0.717) is 0 Å². The van der Waals surface area contributed by atoms with E-state index in [2.05, 4.69) is 10.6 Å². The van der Waals surface area contributed by atoms with Crippen LogP contribution in [0.5, 0.6) is 0 Å². The average molecular weight is 394 g/mol. The lowest BCUT2D eigenvalue weighted by Gasteiger charge is -2.16. The van der Waals surface area contributed by atoms with Gasteiger partial charge in [-0.1, -0.05) is 62.4 Å². The van der Waals surface area contributed by atoms with Crippen molar-refractivity contribution in [1.82, 2.24) is 5.32 Å². The normalized spacial score (nSPS) is 11.1. The van der Waals surface area contributed by atoms with Gasteiger partial charge in [-0.2, -0.15) is 0 Å². The first kappa shape index (κ1) is 21.9. The van der Waals surface area contributed by atoms with E-state index >= 15 is 0 Å². The molecule has 2 aromatic carbocycles. The summed E-state index contributed by atoms with van der Waals surface area (Å²) in [6.45, 7) is 6.82. The predicted molar refractivity (Wildman–Crippen MR) is 113 cm³/mol. The summed E-state index contributed by atoms with van der Waals surface area (Å²) < 4.78 is 5.12. The molecule has 2 N–H and O–H groups in total. The van der Waals surface area contributed by atoms with Crippen LogP contribution in [0.3, 0.4) is 0 Å². The molecule has 0 fully saturated rings. The number of anilines is 1. The van der Waals surface area contributed by atoms with Crippen LogP contribution in [0.15, 0.2) is 54.2 Å². The molecular weight excluding hydrogens is 368 g/mol. The summed E-state index contributed by atoms with van der Waals surface area (Å²) in [5.41, 5.74) is 3.35.